The lowest BCUT2D eigenvalue weighted by Crippen LogP contribution is -2.49. The van der Waals surface area contributed by atoms with E-state index in [2.05, 4.69) is 22.3 Å². The molecule has 1 amide bonds. The van der Waals surface area contributed by atoms with Gasteiger partial charge in [-0.1, -0.05) is 37.3 Å². The number of anilines is 1. The molecule has 0 saturated carbocycles. The molecule has 1 fully saturated rings. The van der Waals surface area contributed by atoms with Crippen LogP contribution in [-0.2, 0) is 27.9 Å². The standard InChI is InChI=1S/C25H35N3O3S/c1-5-24(28(32(4,30)31)23-13-8-19(2)20(3)16-23)25(29)26-17-21-9-11-22(12-10-21)18-27-14-6-7-15-27/h8-13,16,24H,5-7,14-15,17-18H2,1-4H3,(H,26,29)/t24-/m1/s1. The van der Waals surface area contributed by atoms with E-state index in [-0.39, 0.29) is 5.91 Å². The second kappa shape index (κ2) is 10.5. The van der Waals surface area contributed by atoms with Crippen LogP contribution in [0.15, 0.2) is 42.5 Å². The average Bonchev–Trinajstić information content (AvgIpc) is 3.25. The van der Waals surface area contributed by atoms with Gasteiger partial charge in [0.15, 0.2) is 0 Å². The first-order valence-electron chi connectivity index (χ1n) is 11.3. The van der Waals surface area contributed by atoms with E-state index in [9.17, 15) is 13.2 Å². The number of carbonyl (C=O) groups is 1. The van der Waals surface area contributed by atoms with Crippen molar-refractivity contribution in [2.24, 2.45) is 0 Å². The van der Waals surface area contributed by atoms with Gasteiger partial charge in [-0.2, -0.15) is 0 Å². The zero-order valence-corrected chi connectivity index (χ0v) is 20.4. The molecule has 174 valence electrons. The van der Waals surface area contributed by atoms with E-state index in [1.54, 1.807) is 6.07 Å². The Hall–Kier alpha value is -2.38. The highest BCUT2D eigenvalue weighted by Crippen LogP contribution is 2.25. The second-order valence-corrected chi connectivity index (χ2v) is 10.6. The molecule has 32 heavy (non-hydrogen) atoms. The summed E-state index contributed by atoms with van der Waals surface area (Å²) in [6, 6.07) is 12.9. The van der Waals surface area contributed by atoms with Crippen LogP contribution >= 0.6 is 0 Å². The SMILES string of the molecule is CC[C@H](C(=O)NCc1ccc(CN2CCCC2)cc1)N(c1ccc(C)c(C)c1)S(C)(=O)=O. The van der Waals surface area contributed by atoms with Crippen molar-refractivity contribution in [2.45, 2.75) is 59.2 Å². The molecule has 0 bridgehead atoms. The van der Waals surface area contributed by atoms with Gasteiger partial charge in [0.1, 0.15) is 6.04 Å². The minimum absolute atomic E-state index is 0.294. The maximum Gasteiger partial charge on any atom is 0.244 e. The number of amides is 1. The number of aryl methyl sites for hydroxylation is 2. The third-order valence-electron chi connectivity index (χ3n) is 6.17. The van der Waals surface area contributed by atoms with E-state index in [0.29, 0.717) is 18.7 Å². The predicted octanol–water partition coefficient (Wildman–Crippen LogP) is 3.76. The molecule has 0 aliphatic carbocycles. The van der Waals surface area contributed by atoms with Crippen LogP contribution in [0.1, 0.15) is 48.4 Å². The van der Waals surface area contributed by atoms with Gasteiger partial charge in [-0.15, -0.1) is 0 Å². The van der Waals surface area contributed by atoms with E-state index < -0.39 is 16.1 Å². The van der Waals surface area contributed by atoms with Crippen LogP contribution < -0.4 is 9.62 Å². The van der Waals surface area contributed by atoms with Crippen molar-refractivity contribution in [3.05, 3.63) is 64.7 Å². The maximum atomic E-state index is 13.0. The first kappa shape index (κ1) is 24.3. The molecule has 0 radical (unpaired) electrons. The molecule has 6 nitrogen and oxygen atoms in total. The topological polar surface area (TPSA) is 69.7 Å². The monoisotopic (exact) mass is 457 g/mol. The summed E-state index contributed by atoms with van der Waals surface area (Å²) in [5.74, 6) is -0.294. The molecule has 0 unspecified atom stereocenters. The first-order valence-corrected chi connectivity index (χ1v) is 13.2. The molecule has 0 spiro atoms. The molecule has 2 aromatic rings. The van der Waals surface area contributed by atoms with E-state index in [1.807, 2.05) is 45.0 Å². The fraction of sp³-hybridized carbons (Fsp3) is 0.480. The smallest absolute Gasteiger partial charge is 0.244 e. The van der Waals surface area contributed by atoms with Gasteiger partial charge in [0.05, 0.1) is 11.9 Å². The summed E-state index contributed by atoms with van der Waals surface area (Å²) in [6.45, 7) is 9.39. The molecule has 1 heterocycles. The highest BCUT2D eigenvalue weighted by molar-refractivity contribution is 7.92. The third kappa shape index (κ3) is 6.11. The summed E-state index contributed by atoms with van der Waals surface area (Å²) in [5, 5.41) is 2.94. The van der Waals surface area contributed by atoms with Gasteiger partial charge in [-0.3, -0.25) is 14.0 Å². The molecule has 0 aromatic heterocycles. The number of hydrogen-bond donors (Lipinski definition) is 1. The van der Waals surface area contributed by atoms with Gasteiger partial charge < -0.3 is 5.32 Å². The highest BCUT2D eigenvalue weighted by atomic mass is 32.2. The molecular formula is C25H35N3O3S. The van der Waals surface area contributed by atoms with Gasteiger partial charge in [0.2, 0.25) is 15.9 Å². The Labute approximate surface area is 192 Å². The van der Waals surface area contributed by atoms with Gasteiger partial charge >= 0.3 is 0 Å². The van der Waals surface area contributed by atoms with E-state index >= 15 is 0 Å². The number of sulfonamides is 1. The maximum absolute atomic E-state index is 13.0. The summed E-state index contributed by atoms with van der Waals surface area (Å²) in [5.41, 5.74) is 4.85. The molecule has 1 aliphatic rings. The molecular weight excluding hydrogens is 422 g/mol. The number of carbonyl (C=O) groups excluding carboxylic acids is 1. The van der Waals surface area contributed by atoms with Gasteiger partial charge in [-0.05, 0) is 80.6 Å². The number of benzene rings is 2. The molecule has 3 rings (SSSR count). The summed E-state index contributed by atoms with van der Waals surface area (Å²) in [6.07, 6.45) is 4.07. The lowest BCUT2D eigenvalue weighted by Gasteiger charge is -2.30. The van der Waals surface area contributed by atoms with Crippen LogP contribution in [0.3, 0.4) is 0 Å². The Bertz CT molecular complexity index is 1030. The number of rotatable bonds is 9. The first-order chi connectivity index (χ1) is 15.2. The van der Waals surface area contributed by atoms with Crippen molar-refractivity contribution in [3.63, 3.8) is 0 Å². The van der Waals surface area contributed by atoms with Crippen molar-refractivity contribution in [1.29, 1.82) is 0 Å². The molecule has 1 aliphatic heterocycles. The molecule has 7 heteroatoms. The fourth-order valence-corrected chi connectivity index (χ4v) is 5.39. The Morgan fingerprint density at radius 1 is 1.03 bits per heavy atom. The lowest BCUT2D eigenvalue weighted by atomic mass is 10.1. The van der Waals surface area contributed by atoms with Crippen molar-refractivity contribution in [3.8, 4) is 0 Å². The van der Waals surface area contributed by atoms with Crippen LogP contribution in [0.2, 0.25) is 0 Å². The quantitative estimate of drug-likeness (QED) is 0.623. The second-order valence-electron chi connectivity index (χ2n) is 8.77. The zero-order chi connectivity index (χ0) is 23.3. The van der Waals surface area contributed by atoms with Gasteiger partial charge in [0, 0.05) is 13.1 Å². The number of likely N-dealkylation sites (tertiary alicyclic amines) is 1. The summed E-state index contributed by atoms with van der Waals surface area (Å²) < 4.78 is 26.5. The number of nitrogens with one attached hydrogen (secondary N) is 1. The van der Waals surface area contributed by atoms with Gasteiger partial charge in [-0.25, -0.2) is 8.42 Å². The van der Waals surface area contributed by atoms with E-state index in [1.165, 1.54) is 22.7 Å². The van der Waals surface area contributed by atoms with E-state index in [4.69, 9.17) is 0 Å². The van der Waals surface area contributed by atoms with Crippen LogP contribution in [0, 0.1) is 13.8 Å². The van der Waals surface area contributed by atoms with Crippen molar-refractivity contribution >= 4 is 21.6 Å². The van der Waals surface area contributed by atoms with Crippen molar-refractivity contribution < 1.29 is 13.2 Å². The molecule has 1 atom stereocenters. The Kier molecular flexibility index (Phi) is 7.96. The van der Waals surface area contributed by atoms with Crippen LogP contribution in [-0.4, -0.2) is 44.6 Å². The normalized spacial score (nSPS) is 15.5. The van der Waals surface area contributed by atoms with Crippen LogP contribution in [0.4, 0.5) is 5.69 Å². The predicted molar refractivity (Wildman–Crippen MR) is 130 cm³/mol. The number of nitrogens with zero attached hydrogens (tertiary/aromatic N) is 2. The summed E-state index contributed by atoms with van der Waals surface area (Å²) in [7, 11) is -3.64. The van der Waals surface area contributed by atoms with Crippen LogP contribution in [0.25, 0.3) is 0 Å². The minimum atomic E-state index is -3.64. The van der Waals surface area contributed by atoms with Crippen molar-refractivity contribution in [1.82, 2.24) is 10.2 Å². The van der Waals surface area contributed by atoms with Gasteiger partial charge in [0.25, 0.3) is 0 Å². The third-order valence-corrected chi connectivity index (χ3v) is 7.35. The Balaban J connectivity index is 1.68. The fourth-order valence-electron chi connectivity index (χ4n) is 4.19. The Morgan fingerprint density at radius 2 is 1.66 bits per heavy atom. The molecule has 2 aromatic carbocycles. The minimum Gasteiger partial charge on any atom is -0.350 e. The average molecular weight is 458 g/mol. The lowest BCUT2D eigenvalue weighted by molar-refractivity contribution is -0.122. The summed E-state index contributed by atoms with van der Waals surface area (Å²) in [4.78, 5) is 15.5. The summed E-state index contributed by atoms with van der Waals surface area (Å²) >= 11 is 0. The van der Waals surface area contributed by atoms with Crippen LogP contribution in [0.5, 0.6) is 0 Å². The molecule has 1 N–H and O–H groups in total. The Morgan fingerprint density at radius 3 is 2.22 bits per heavy atom. The number of hydrogen-bond acceptors (Lipinski definition) is 4. The zero-order valence-electron chi connectivity index (χ0n) is 19.6. The van der Waals surface area contributed by atoms with Crippen molar-refractivity contribution in [2.75, 3.05) is 23.7 Å². The largest absolute Gasteiger partial charge is 0.350 e. The van der Waals surface area contributed by atoms with E-state index in [0.717, 1.165) is 42.6 Å². The molecule has 1 saturated heterocycles. The highest BCUT2D eigenvalue weighted by Gasteiger charge is 2.31.